The van der Waals surface area contributed by atoms with Gasteiger partial charge in [0.1, 0.15) is 0 Å². The van der Waals surface area contributed by atoms with Gasteiger partial charge in [-0.25, -0.2) is 0 Å². The van der Waals surface area contributed by atoms with Crippen molar-refractivity contribution in [3.05, 3.63) is 29.6 Å². The monoisotopic (exact) mass is 220 g/mol. The second kappa shape index (κ2) is 4.61. The Kier molecular flexibility index (Phi) is 3.19. The van der Waals surface area contributed by atoms with E-state index >= 15 is 0 Å². The third-order valence-electron chi connectivity index (χ3n) is 2.88. The zero-order valence-corrected chi connectivity index (χ0v) is 9.39. The van der Waals surface area contributed by atoms with Crippen molar-refractivity contribution >= 4 is 5.91 Å². The van der Waals surface area contributed by atoms with Crippen molar-refractivity contribution in [2.24, 2.45) is 5.92 Å². The Morgan fingerprint density at radius 3 is 2.94 bits per heavy atom. The molecule has 16 heavy (non-hydrogen) atoms. The Bertz CT molecular complexity index is 375. The minimum absolute atomic E-state index is 0.0869. The van der Waals surface area contributed by atoms with E-state index < -0.39 is 0 Å². The third-order valence-corrected chi connectivity index (χ3v) is 2.88. The van der Waals surface area contributed by atoms with Gasteiger partial charge in [0.25, 0.3) is 0 Å². The van der Waals surface area contributed by atoms with Crippen molar-refractivity contribution in [2.45, 2.75) is 19.9 Å². The molecular weight excluding hydrogens is 204 g/mol. The van der Waals surface area contributed by atoms with Gasteiger partial charge in [-0.1, -0.05) is 6.07 Å². The molecule has 1 aromatic heterocycles. The number of nitrogens with zero attached hydrogens (tertiary/aromatic N) is 2. The quantitative estimate of drug-likeness (QED) is 0.817. The molecule has 0 radical (unpaired) electrons. The maximum atomic E-state index is 11.6. The second-order valence-electron chi connectivity index (χ2n) is 4.35. The lowest BCUT2D eigenvalue weighted by Gasteiger charge is -2.15. The molecule has 4 nitrogen and oxygen atoms in total. The van der Waals surface area contributed by atoms with Crippen LogP contribution in [0.5, 0.6) is 0 Å². The predicted molar refractivity (Wildman–Crippen MR) is 59.6 cm³/mol. The van der Waals surface area contributed by atoms with Gasteiger partial charge in [0, 0.05) is 31.7 Å². The van der Waals surface area contributed by atoms with Crippen LogP contribution >= 0.6 is 0 Å². The Morgan fingerprint density at radius 1 is 1.56 bits per heavy atom. The Labute approximate surface area is 94.9 Å². The highest BCUT2D eigenvalue weighted by molar-refractivity contribution is 5.78. The molecule has 4 heteroatoms. The number of rotatable bonds is 3. The molecule has 1 aromatic rings. The highest BCUT2D eigenvalue weighted by Crippen LogP contribution is 2.18. The lowest BCUT2D eigenvalue weighted by atomic mass is 10.1. The van der Waals surface area contributed by atoms with E-state index in [4.69, 9.17) is 5.11 Å². The van der Waals surface area contributed by atoms with Gasteiger partial charge < -0.3 is 10.0 Å². The molecule has 0 spiro atoms. The number of pyridine rings is 1. The van der Waals surface area contributed by atoms with E-state index in [2.05, 4.69) is 4.98 Å². The number of hydrogen-bond donors (Lipinski definition) is 1. The summed E-state index contributed by atoms with van der Waals surface area (Å²) < 4.78 is 0. The molecular formula is C12H16N2O2. The summed E-state index contributed by atoms with van der Waals surface area (Å²) in [5.41, 5.74) is 2.02. The third kappa shape index (κ3) is 2.39. The number of aliphatic hydroxyl groups is 1. The first-order valence-electron chi connectivity index (χ1n) is 5.49. The first kappa shape index (κ1) is 11.1. The molecule has 0 bridgehead atoms. The van der Waals surface area contributed by atoms with Gasteiger partial charge in [-0.2, -0.15) is 0 Å². The molecule has 0 aromatic carbocycles. The molecule has 86 valence electrons. The van der Waals surface area contributed by atoms with Gasteiger partial charge in [-0.3, -0.25) is 9.78 Å². The lowest BCUT2D eigenvalue weighted by Crippen LogP contribution is -2.25. The summed E-state index contributed by atoms with van der Waals surface area (Å²) in [6, 6.07) is 3.93. The first-order chi connectivity index (χ1) is 7.69. The van der Waals surface area contributed by atoms with E-state index in [-0.39, 0.29) is 18.4 Å². The average Bonchev–Trinajstić information content (AvgIpc) is 2.63. The van der Waals surface area contributed by atoms with Gasteiger partial charge in [0.15, 0.2) is 0 Å². The van der Waals surface area contributed by atoms with Gasteiger partial charge in [-0.05, 0) is 18.6 Å². The Balaban J connectivity index is 2.00. The van der Waals surface area contributed by atoms with E-state index in [9.17, 15) is 4.79 Å². The molecule has 1 aliphatic heterocycles. The molecule has 2 heterocycles. The van der Waals surface area contributed by atoms with E-state index in [1.807, 2.05) is 19.1 Å². The van der Waals surface area contributed by atoms with E-state index in [0.29, 0.717) is 19.5 Å². The van der Waals surface area contributed by atoms with E-state index in [1.54, 1.807) is 11.1 Å². The smallest absolute Gasteiger partial charge is 0.223 e. The van der Waals surface area contributed by atoms with Crippen molar-refractivity contribution < 1.29 is 9.90 Å². The maximum Gasteiger partial charge on any atom is 0.223 e. The number of aromatic nitrogens is 1. The van der Waals surface area contributed by atoms with Crippen LogP contribution in [0.1, 0.15) is 17.7 Å². The zero-order chi connectivity index (χ0) is 11.5. The highest BCUT2D eigenvalue weighted by atomic mass is 16.3. The van der Waals surface area contributed by atoms with Crippen molar-refractivity contribution in [3.63, 3.8) is 0 Å². The normalized spacial score (nSPS) is 20.5. The molecule has 1 amide bonds. The SMILES string of the molecule is Cc1ccc(CN2CC(CO)CC2=O)nc1. The largest absolute Gasteiger partial charge is 0.396 e. The summed E-state index contributed by atoms with van der Waals surface area (Å²) in [6.45, 7) is 3.27. The number of likely N-dealkylation sites (tertiary alicyclic amines) is 1. The zero-order valence-electron chi connectivity index (χ0n) is 9.39. The van der Waals surface area contributed by atoms with Crippen molar-refractivity contribution in [3.8, 4) is 0 Å². The van der Waals surface area contributed by atoms with Crippen LogP contribution in [0.2, 0.25) is 0 Å². The number of aliphatic hydroxyl groups excluding tert-OH is 1. The molecule has 1 atom stereocenters. The molecule has 2 rings (SSSR count). The van der Waals surface area contributed by atoms with Crippen LogP contribution in [0.15, 0.2) is 18.3 Å². The molecule has 1 unspecified atom stereocenters. The fourth-order valence-electron chi connectivity index (χ4n) is 1.92. The molecule has 0 saturated carbocycles. The topological polar surface area (TPSA) is 53.4 Å². The highest BCUT2D eigenvalue weighted by Gasteiger charge is 2.28. The summed E-state index contributed by atoms with van der Waals surface area (Å²) in [6.07, 6.45) is 2.27. The van der Waals surface area contributed by atoms with Gasteiger partial charge in [0.05, 0.1) is 12.2 Å². The fraction of sp³-hybridized carbons (Fsp3) is 0.500. The summed E-state index contributed by atoms with van der Waals surface area (Å²) in [7, 11) is 0. The summed E-state index contributed by atoms with van der Waals surface area (Å²) in [5, 5.41) is 9.01. The fourth-order valence-corrected chi connectivity index (χ4v) is 1.92. The van der Waals surface area contributed by atoms with Crippen LogP contribution in [0.4, 0.5) is 0 Å². The Hall–Kier alpha value is -1.42. The predicted octanol–water partition coefficient (Wildman–Crippen LogP) is 0.731. The van der Waals surface area contributed by atoms with Crippen molar-refractivity contribution in [2.75, 3.05) is 13.2 Å². The minimum atomic E-state index is 0.0869. The first-order valence-corrected chi connectivity index (χ1v) is 5.49. The van der Waals surface area contributed by atoms with Gasteiger partial charge >= 0.3 is 0 Å². The maximum absolute atomic E-state index is 11.6. The van der Waals surface area contributed by atoms with Crippen molar-refractivity contribution in [1.82, 2.24) is 9.88 Å². The van der Waals surface area contributed by atoms with Gasteiger partial charge in [-0.15, -0.1) is 0 Å². The minimum Gasteiger partial charge on any atom is -0.396 e. The van der Waals surface area contributed by atoms with Gasteiger partial charge in [0.2, 0.25) is 5.91 Å². The molecule has 1 saturated heterocycles. The summed E-state index contributed by atoms with van der Waals surface area (Å²) >= 11 is 0. The second-order valence-corrected chi connectivity index (χ2v) is 4.35. The number of aryl methyl sites for hydroxylation is 1. The summed E-state index contributed by atoms with van der Waals surface area (Å²) in [5.74, 6) is 0.208. The molecule has 1 fully saturated rings. The Morgan fingerprint density at radius 2 is 2.38 bits per heavy atom. The van der Waals surface area contributed by atoms with Crippen LogP contribution in [-0.4, -0.2) is 34.0 Å². The number of carbonyl (C=O) groups excluding carboxylic acids is 1. The molecule has 1 aliphatic rings. The average molecular weight is 220 g/mol. The molecule has 0 aliphatic carbocycles. The van der Waals surface area contributed by atoms with Crippen LogP contribution < -0.4 is 0 Å². The number of hydrogen-bond acceptors (Lipinski definition) is 3. The molecule has 1 N–H and O–H groups in total. The van der Waals surface area contributed by atoms with Crippen LogP contribution in [0, 0.1) is 12.8 Å². The number of amides is 1. The standard InChI is InChI=1S/C12H16N2O2/c1-9-2-3-11(13-5-9)7-14-6-10(8-15)4-12(14)16/h2-3,5,10,15H,4,6-8H2,1H3. The number of carbonyl (C=O) groups is 1. The van der Waals surface area contributed by atoms with Crippen molar-refractivity contribution in [1.29, 1.82) is 0 Å². The van der Waals surface area contributed by atoms with Crippen LogP contribution in [0.3, 0.4) is 0 Å². The van der Waals surface area contributed by atoms with E-state index in [1.165, 1.54) is 0 Å². The van der Waals surface area contributed by atoms with Crippen LogP contribution in [-0.2, 0) is 11.3 Å². The summed E-state index contributed by atoms with van der Waals surface area (Å²) in [4.78, 5) is 17.6. The lowest BCUT2D eigenvalue weighted by molar-refractivity contribution is -0.128. The van der Waals surface area contributed by atoms with E-state index in [0.717, 1.165) is 11.3 Å². The van der Waals surface area contributed by atoms with Crippen LogP contribution in [0.25, 0.3) is 0 Å².